The van der Waals surface area contributed by atoms with Gasteiger partial charge in [-0.2, -0.15) is 5.10 Å². The van der Waals surface area contributed by atoms with Crippen molar-refractivity contribution >= 4 is 11.5 Å². The predicted molar refractivity (Wildman–Crippen MR) is 37.0 cm³/mol. The van der Waals surface area contributed by atoms with Gasteiger partial charge in [0.25, 0.3) is 0 Å². The van der Waals surface area contributed by atoms with Gasteiger partial charge in [0.1, 0.15) is 5.82 Å². The van der Waals surface area contributed by atoms with Crippen molar-refractivity contribution in [1.29, 1.82) is 0 Å². The van der Waals surface area contributed by atoms with E-state index >= 15 is 0 Å². The zero-order valence-corrected chi connectivity index (χ0v) is 5.55. The Bertz CT molecular complexity index is 194. The zero-order valence-electron chi connectivity index (χ0n) is 5.55. The number of rotatable bonds is 1. The standard InChI is InChI=1S/C6H9N3/c1-5(2)8-6-3-4-7-9-6/h3-4H,1-2H3,(H,7,9). The average molecular weight is 123 g/mol. The molecule has 0 amide bonds. The predicted octanol–water partition coefficient (Wildman–Crippen LogP) is 1.52. The third-order valence-electron chi connectivity index (χ3n) is 0.830. The molecule has 3 heteroatoms. The second-order valence-corrected chi connectivity index (χ2v) is 2.00. The van der Waals surface area contributed by atoms with Gasteiger partial charge in [0.15, 0.2) is 0 Å². The number of hydrogen-bond acceptors (Lipinski definition) is 2. The molecule has 0 aliphatic carbocycles. The van der Waals surface area contributed by atoms with Crippen molar-refractivity contribution < 1.29 is 0 Å². The molecule has 0 atom stereocenters. The minimum Gasteiger partial charge on any atom is -0.261 e. The van der Waals surface area contributed by atoms with Crippen LogP contribution in [0, 0.1) is 0 Å². The molecule has 48 valence electrons. The van der Waals surface area contributed by atoms with E-state index in [0.717, 1.165) is 11.5 Å². The van der Waals surface area contributed by atoms with Crippen molar-refractivity contribution in [2.75, 3.05) is 0 Å². The molecule has 9 heavy (non-hydrogen) atoms. The Kier molecular flexibility index (Phi) is 1.63. The van der Waals surface area contributed by atoms with Crippen LogP contribution in [0.4, 0.5) is 5.82 Å². The third-order valence-corrected chi connectivity index (χ3v) is 0.830. The molecule has 0 bridgehead atoms. The molecule has 1 heterocycles. The first-order valence-corrected chi connectivity index (χ1v) is 2.80. The van der Waals surface area contributed by atoms with Crippen LogP contribution in [0.25, 0.3) is 0 Å². The van der Waals surface area contributed by atoms with Crippen LogP contribution in [0.5, 0.6) is 0 Å². The maximum atomic E-state index is 4.12. The fraction of sp³-hybridized carbons (Fsp3) is 0.333. The van der Waals surface area contributed by atoms with Crippen molar-refractivity contribution in [3.63, 3.8) is 0 Å². The largest absolute Gasteiger partial charge is 0.261 e. The second-order valence-electron chi connectivity index (χ2n) is 2.00. The van der Waals surface area contributed by atoms with Crippen molar-refractivity contribution in [2.45, 2.75) is 13.8 Å². The monoisotopic (exact) mass is 123 g/mol. The first kappa shape index (κ1) is 6.01. The van der Waals surface area contributed by atoms with Gasteiger partial charge in [0, 0.05) is 11.8 Å². The summed E-state index contributed by atoms with van der Waals surface area (Å²) < 4.78 is 0. The van der Waals surface area contributed by atoms with Gasteiger partial charge in [-0.15, -0.1) is 0 Å². The summed E-state index contributed by atoms with van der Waals surface area (Å²) in [6, 6.07) is 1.83. The van der Waals surface area contributed by atoms with E-state index in [1.54, 1.807) is 6.20 Å². The number of aromatic nitrogens is 2. The first-order chi connectivity index (χ1) is 4.29. The number of nitrogens with zero attached hydrogens (tertiary/aromatic N) is 2. The lowest BCUT2D eigenvalue weighted by Crippen LogP contribution is -1.77. The summed E-state index contributed by atoms with van der Waals surface area (Å²) in [5.41, 5.74) is 1.03. The number of aromatic amines is 1. The van der Waals surface area contributed by atoms with Gasteiger partial charge in [0.2, 0.25) is 0 Å². The van der Waals surface area contributed by atoms with Gasteiger partial charge in [0.05, 0.1) is 6.20 Å². The Morgan fingerprint density at radius 1 is 1.67 bits per heavy atom. The highest BCUT2D eigenvalue weighted by Crippen LogP contribution is 2.03. The highest BCUT2D eigenvalue weighted by atomic mass is 15.2. The summed E-state index contributed by atoms with van der Waals surface area (Å²) in [5.74, 6) is 0.815. The first-order valence-electron chi connectivity index (χ1n) is 2.80. The van der Waals surface area contributed by atoms with E-state index in [2.05, 4.69) is 15.2 Å². The molecule has 1 aromatic rings. The van der Waals surface area contributed by atoms with Crippen molar-refractivity contribution in [2.24, 2.45) is 4.99 Å². The van der Waals surface area contributed by atoms with Gasteiger partial charge >= 0.3 is 0 Å². The molecule has 1 rings (SSSR count). The van der Waals surface area contributed by atoms with Crippen molar-refractivity contribution in [3.8, 4) is 0 Å². The highest BCUT2D eigenvalue weighted by molar-refractivity contribution is 5.81. The van der Waals surface area contributed by atoms with Crippen LogP contribution < -0.4 is 0 Å². The molecule has 3 nitrogen and oxygen atoms in total. The molecule has 0 aliphatic rings. The van der Waals surface area contributed by atoms with Crippen LogP contribution in [0.15, 0.2) is 17.3 Å². The summed E-state index contributed by atoms with van der Waals surface area (Å²) in [5, 5.41) is 6.47. The topological polar surface area (TPSA) is 41.0 Å². The number of nitrogens with one attached hydrogen (secondary N) is 1. The molecule has 1 N–H and O–H groups in total. The van der Waals surface area contributed by atoms with Gasteiger partial charge < -0.3 is 0 Å². The Balaban J connectivity index is 2.80. The quantitative estimate of drug-likeness (QED) is 0.565. The maximum absolute atomic E-state index is 4.12. The van der Waals surface area contributed by atoms with Crippen LogP contribution in [0.1, 0.15) is 13.8 Å². The number of hydrogen-bond donors (Lipinski definition) is 1. The fourth-order valence-corrected chi connectivity index (χ4v) is 0.552. The van der Waals surface area contributed by atoms with Crippen LogP contribution in [0.2, 0.25) is 0 Å². The summed E-state index contributed by atoms with van der Waals surface area (Å²) >= 11 is 0. The Morgan fingerprint density at radius 2 is 2.44 bits per heavy atom. The van der Waals surface area contributed by atoms with Crippen molar-refractivity contribution in [1.82, 2.24) is 10.2 Å². The Hall–Kier alpha value is -1.12. The van der Waals surface area contributed by atoms with Gasteiger partial charge in [-0.3, -0.25) is 5.10 Å². The van der Waals surface area contributed by atoms with E-state index in [9.17, 15) is 0 Å². The molecule has 0 radical (unpaired) electrons. The Morgan fingerprint density at radius 3 is 2.89 bits per heavy atom. The normalized spacial score (nSPS) is 9.11. The SMILES string of the molecule is CC(C)=Nc1ccn[nH]1. The lowest BCUT2D eigenvalue weighted by Gasteiger charge is -1.84. The van der Waals surface area contributed by atoms with Crippen molar-refractivity contribution in [3.05, 3.63) is 12.3 Å². The minimum atomic E-state index is 0.815. The molecule has 0 aliphatic heterocycles. The Labute approximate surface area is 53.8 Å². The summed E-state index contributed by atoms with van der Waals surface area (Å²) in [4.78, 5) is 4.12. The van der Waals surface area contributed by atoms with Gasteiger partial charge in [-0.25, -0.2) is 4.99 Å². The molecule has 0 unspecified atom stereocenters. The molecule has 0 saturated carbocycles. The smallest absolute Gasteiger partial charge is 0.147 e. The van der Waals surface area contributed by atoms with Crippen LogP contribution in [-0.4, -0.2) is 15.9 Å². The lowest BCUT2D eigenvalue weighted by molar-refractivity contribution is 1.08. The fourth-order valence-electron chi connectivity index (χ4n) is 0.552. The van der Waals surface area contributed by atoms with E-state index in [1.807, 2.05) is 19.9 Å². The van der Waals surface area contributed by atoms with E-state index in [1.165, 1.54) is 0 Å². The molecule has 0 aromatic carbocycles. The zero-order chi connectivity index (χ0) is 6.69. The summed E-state index contributed by atoms with van der Waals surface area (Å²) in [6.07, 6.45) is 1.68. The van der Waals surface area contributed by atoms with E-state index in [4.69, 9.17) is 0 Å². The minimum absolute atomic E-state index is 0.815. The van der Waals surface area contributed by atoms with Gasteiger partial charge in [-0.1, -0.05) is 0 Å². The number of aliphatic imine (C=N–C) groups is 1. The molecular formula is C6H9N3. The van der Waals surface area contributed by atoms with Crippen LogP contribution in [-0.2, 0) is 0 Å². The van der Waals surface area contributed by atoms with Gasteiger partial charge in [-0.05, 0) is 13.8 Å². The molecule has 0 fully saturated rings. The summed E-state index contributed by atoms with van der Waals surface area (Å²) in [7, 11) is 0. The van der Waals surface area contributed by atoms with E-state index in [-0.39, 0.29) is 0 Å². The maximum Gasteiger partial charge on any atom is 0.147 e. The highest BCUT2D eigenvalue weighted by Gasteiger charge is 1.85. The second kappa shape index (κ2) is 2.44. The lowest BCUT2D eigenvalue weighted by atomic mass is 10.5. The van der Waals surface area contributed by atoms with Crippen LogP contribution >= 0.6 is 0 Å². The molecular weight excluding hydrogens is 114 g/mol. The van der Waals surface area contributed by atoms with E-state index in [0.29, 0.717) is 0 Å². The molecule has 1 aromatic heterocycles. The summed E-state index contributed by atoms with van der Waals surface area (Å²) in [6.45, 7) is 3.89. The van der Waals surface area contributed by atoms with Crippen LogP contribution in [0.3, 0.4) is 0 Å². The molecule has 0 saturated heterocycles. The third kappa shape index (κ3) is 1.68. The number of H-pyrrole nitrogens is 1. The average Bonchev–Trinajstić information content (AvgIpc) is 2.15. The molecule has 0 spiro atoms. The van der Waals surface area contributed by atoms with E-state index < -0.39 is 0 Å².